The minimum absolute atomic E-state index is 0.0124. The average molecular weight is 405 g/mol. The number of sulfone groups is 1. The van der Waals surface area contributed by atoms with Crippen molar-refractivity contribution in [1.82, 2.24) is 19.8 Å². The Balaban J connectivity index is 1.88. The summed E-state index contributed by atoms with van der Waals surface area (Å²) in [5.41, 5.74) is 1.97. The predicted molar refractivity (Wildman–Crippen MR) is 108 cm³/mol. The van der Waals surface area contributed by atoms with E-state index >= 15 is 0 Å². The van der Waals surface area contributed by atoms with Gasteiger partial charge in [0.05, 0.1) is 23.7 Å². The van der Waals surface area contributed by atoms with Crippen molar-refractivity contribution in [3.05, 3.63) is 47.8 Å². The van der Waals surface area contributed by atoms with E-state index < -0.39 is 9.84 Å². The van der Waals surface area contributed by atoms with Gasteiger partial charge in [-0.1, -0.05) is 44.2 Å². The van der Waals surface area contributed by atoms with Crippen molar-refractivity contribution < 1.29 is 13.2 Å². The lowest BCUT2D eigenvalue weighted by Crippen LogP contribution is -2.54. The molecule has 1 fully saturated rings. The van der Waals surface area contributed by atoms with Gasteiger partial charge in [0, 0.05) is 26.2 Å². The monoisotopic (exact) mass is 404 g/mol. The summed E-state index contributed by atoms with van der Waals surface area (Å²) in [5.74, 6) is 0.0453. The Morgan fingerprint density at radius 1 is 1.21 bits per heavy atom. The molecule has 1 amide bonds. The van der Waals surface area contributed by atoms with Crippen LogP contribution in [-0.4, -0.2) is 53.7 Å². The molecule has 1 aromatic carbocycles. The lowest BCUT2D eigenvalue weighted by molar-refractivity contribution is -0.129. The third kappa shape index (κ3) is 4.44. The van der Waals surface area contributed by atoms with E-state index in [0.717, 1.165) is 17.8 Å². The molecule has 2 heterocycles. The van der Waals surface area contributed by atoms with E-state index in [1.165, 1.54) is 0 Å². The summed E-state index contributed by atoms with van der Waals surface area (Å²) in [7, 11) is -3.43. The second-order valence-corrected chi connectivity index (χ2v) is 9.18. The van der Waals surface area contributed by atoms with Crippen LogP contribution in [0.2, 0.25) is 0 Å². The molecule has 1 N–H and O–H groups in total. The summed E-state index contributed by atoms with van der Waals surface area (Å²) in [4.78, 5) is 18.5. The van der Waals surface area contributed by atoms with Gasteiger partial charge in [-0.3, -0.25) is 9.69 Å². The second kappa shape index (κ2) is 8.87. The number of hydrogen-bond acceptors (Lipinski definition) is 5. The fourth-order valence-corrected chi connectivity index (χ4v) is 4.64. The van der Waals surface area contributed by atoms with Gasteiger partial charge in [-0.05, 0) is 18.4 Å². The zero-order chi connectivity index (χ0) is 20.1. The highest BCUT2D eigenvalue weighted by molar-refractivity contribution is 7.91. The number of nitrogens with zero attached hydrogens (tertiary/aromatic N) is 3. The normalized spacial score (nSPS) is 18.2. The molecular weight excluding hydrogens is 376 g/mol. The molecule has 0 spiro atoms. The maximum absolute atomic E-state index is 12.6. The van der Waals surface area contributed by atoms with Crippen molar-refractivity contribution in [2.45, 2.75) is 51.0 Å². The van der Waals surface area contributed by atoms with Crippen molar-refractivity contribution in [2.24, 2.45) is 0 Å². The third-order valence-corrected chi connectivity index (χ3v) is 6.86. The van der Waals surface area contributed by atoms with Gasteiger partial charge in [-0.15, -0.1) is 0 Å². The number of hydrogen-bond donors (Lipinski definition) is 1. The second-order valence-electron chi connectivity index (χ2n) is 7.01. The number of amides is 1. The number of aromatic nitrogens is 2. The third-order valence-electron chi connectivity index (χ3n) is 5.22. The smallest absolute Gasteiger partial charge is 0.237 e. The van der Waals surface area contributed by atoms with Gasteiger partial charge < -0.3 is 9.88 Å². The summed E-state index contributed by atoms with van der Waals surface area (Å²) in [6.45, 7) is 6.00. The van der Waals surface area contributed by atoms with Crippen molar-refractivity contribution in [2.75, 3.05) is 18.8 Å². The van der Waals surface area contributed by atoms with Gasteiger partial charge in [0.15, 0.2) is 0 Å². The topological polar surface area (TPSA) is 84.3 Å². The van der Waals surface area contributed by atoms with Crippen LogP contribution in [-0.2, 0) is 34.1 Å². The van der Waals surface area contributed by atoms with Gasteiger partial charge in [-0.2, -0.15) is 0 Å². The Labute approximate surface area is 166 Å². The first kappa shape index (κ1) is 20.5. The minimum atomic E-state index is -3.43. The first-order chi connectivity index (χ1) is 13.5. The summed E-state index contributed by atoms with van der Waals surface area (Å²) >= 11 is 0. The lowest BCUT2D eigenvalue weighted by atomic mass is 10.1. The Morgan fingerprint density at radius 3 is 2.64 bits per heavy atom. The SMILES string of the molecule is CC[C@H]1C(=O)NCCN1Cc1cnc(S(=O)(=O)CC)n1CCc1ccccc1. The number of imidazole rings is 1. The number of carbonyl (C=O) groups excluding carboxylic acids is 1. The molecule has 152 valence electrons. The number of rotatable bonds is 8. The van der Waals surface area contributed by atoms with Crippen LogP contribution in [0, 0.1) is 0 Å². The molecule has 1 atom stereocenters. The van der Waals surface area contributed by atoms with Crippen molar-refractivity contribution >= 4 is 15.7 Å². The maximum Gasteiger partial charge on any atom is 0.237 e. The largest absolute Gasteiger partial charge is 0.353 e. The van der Waals surface area contributed by atoms with Crippen LogP contribution in [0.15, 0.2) is 41.7 Å². The number of benzene rings is 1. The van der Waals surface area contributed by atoms with Crippen molar-refractivity contribution in [3.8, 4) is 0 Å². The zero-order valence-electron chi connectivity index (χ0n) is 16.5. The van der Waals surface area contributed by atoms with Crippen LogP contribution in [0.3, 0.4) is 0 Å². The Bertz CT molecular complexity index is 909. The van der Waals surface area contributed by atoms with Gasteiger partial charge in [0.25, 0.3) is 0 Å². The van der Waals surface area contributed by atoms with Crippen LogP contribution in [0.5, 0.6) is 0 Å². The summed E-state index contributed by atoms with van der Waals surface area (Å²) in [6, 6.07) is 9.79. The molecule has 0 radical (unpaired) electrons. The van der Waals surface area contributed by atoms with Gasteiger partial charge >= 0.3 is 0 Å². The van der Waals surface area contributed by atoms with Gasteiger partial charge in [0.1, 0.15) is 0 Å². The number of nitrogens with one attached hydrogen (secondary N) is 1. The number of aryl methyl sites for hydroxylation is 1. The Morgan fingerprint density at radius 2 is 1.96 bits per heavy atom. The first-order valence-corrected chi connectivity index (χ1v) is 11.4. The minimum Gasteiger partial charge on any atom is -0.353 e. The van der Waals surface area contributed by atoms with Crippen LogP contribution in [0.4, 0.5) is 0 Å². The van der Waals surface area contributed by atoms with E-state index in [-0.39, 0.29) is 22.9 Å². The molecular formula is C20H28N4O3S. The van der Waals surface area contributed by atoms with Gasteiger partial charge in [0.2, 0.25) is 20.9 Å². The molecule has 1 aromatic heterocycles. The van der Waals surface area contributed by atoms with E-state index in [9.17, 15) is 13.2 Å². The molecule has 3 rings (SSSR count). The van der Waals surface area contributed by atoms with Crippen LogP contribution in [0.25, 0.3) is 0 Å². The molecule has 1 aliphatic heterocycles. The zero-order valence-corrected chi connectivity index (χ0v) is 17.3. The molecule has 1 saturated heterocycles. The number of piperazine rings is 1. The molecule has 0 saturated carbocycles. The Hall–Kier alpha value is -2.19. The van der Waals surface area contributed by atoms with Crippen LogP contribution >= 0.6 is 0 Å². The van der Waals surface area contributed by atoms with E-state index in [1.54, 1.807) is 13.1 Å². The fourth-order valence-electron chi connectivity index (χ4n) is 3.62. The molecule has 28 heavy (non-hydrogen) atoms. The summed E-state index contributed by atoms with van der Waals surface area (Å²) in [6.07, 6.45) is 3.07. The van der Waals surface area contributed by atoms with E-state index in [2.05, 4.69) is 15.2 Å². The molecule has 0 bridgehead atoms. The summed E-state index contributed by atoms with van der Waals surface area (Å²) in [5, 5.41) is 3.02. The van der Waals surface area contributed by atoms with E-state index in [0.29, 0.717) is 32.5 Å². The van der Waals surface area contributed by atoms with Crippen molar-refractivity contribution in [3.63, 3.8) is 0 Å². The standard InChI is InChI=1S/C20H28N4O3S/c1-3-18-19(25)21-11-13-23(18)15-17-14-22-20(28(26,27)4-2)24(17)12-10-16-8-6-5-7-9-16/h5-9,14,18H,3-4,10-13,15H2,1-2H3,(H,21,25)/t18-/m0/s1. The lowest BCUT2D eigenvalue weighted by Gasteiger charge is -2.34. The molecule has 8 heteroatoms. The maximum atomic E-state index is 12.6. The number of carbonyl (C=O) groups is 1. The molecule has 1 aliphatic rings. The predicted octanol–water partition coefficient (Wildman–Crippen LogP) is 1.63. The molecule has 7 nitrogen and oxygen atoms in total. The molecule has 0 unspecified atom stereocenters. The highest BCUT2D eigenvalue weighted by Gasteiger charge is 2.30. The van der Waals surface area contributed by atoms with Gasteiger partial charge in [-0.25, -0.2) is 13.4 Å². The van der Waals surface area contributed by atoms with Crippen molar-refractivity contribution in [1.29, 1.82) is 0 Å². The molecule has 2 aromatic rings. The summed E-state index contributed by atoms with van der Waals surface area (Å²) < 4.78 is 26.9. The first-order valence-electron chi connectivity index (χ1n) is 9.79. The van der Waals surface area contributed by atoms with E-state index in [4.69, 9.17) is 0 Å². The molecule has 0 aliphatic carbocycles. The van der Waals surface area contributed by atoms with Crippen LogP contribution in [0.1, 0.15) is 31.5 Å². The fraction of sp³-hybridized carbons (Fsp3) is 0.500. The highest BCUT2D eigenvalue weighted by Crippen LogP contribution is 2.19. The highest BCUT2D eigenvalue weighted by atomic mass is 32.2. The van der Waals surface area contributed by atoms with E-state index in [1.807, 2.05) is 41.8 Å². The van der Waals surface area contributed by atoms with Crippen LogP contribution < -0.4 is 5.32 Å². The average Bonchev–Trinajstić information content (AvgIpc) is 3.11. The Kier molecular flexibility index (Phi) is 6.51. The quantitative estimate of drug-likeness (QED) is 0.723.